The molecule has 5 heteroatoms. The van der Waals surface area contributed by atoms with Crippen LogP contribution in [0.4, 0.5) is 5.69 Å². The third-order valence-corrected chi connectivity index (χ3v) is 4.51. The first-order chi connectivity index (χ1) is 9.58. The number of anilines is 1. The summed E-state index contributed by atoms with van der Waals surface area (Å²) in [5.74, 6) is 0.318. The molecule has 1 N–H and O–H groups in total. The van der Waals surface area contributed by atoms with Gasteiger partial charge in [-0.05, 0) is 30.9 Å². The Kier molecular flexibility index (Phi) is 5.70. The lowest BCUT2D eigenvalue weighted by atomic mass is 9.88. The predicted molar refractivity (Wildman–Crippen MR) is 82.5 cm³/mol. The van der Waals surface area contributed by atoms with E-state index in [4.69, 9.17) is 27.9 Å². The Bertz CT molecular complexity index is 479. The second-order valence-electron chi connectivity index (χ2n) is 5.26. The van der Waals surface area contributed by atoms with Crippen molar-refractivity contribution in [2.75, 3.05) is 11.9 Å². The molecule has 2 atom stereocenters. The van der Waals surface area contributed by atoms with Gasteiger partial charge in [0.25, 0.3) is 0 Å². The minimum absolute atomic E-state index is 0.0534. The van der Waals surface area contributed by atoms with Gasteiger partial charge in [-0.15, -0.1) is 0 Å². The van der Waals surface area contributed by atoms with E-state index in [0.29, 0.717) is 21.7 Å². The Balaban J connectivity index is 1.85. The summed E-state index contributed by atoms with van der Waals surface area (Å²) >= 11 is 11.9. The summed E-state index contributed by atoms with van der Waals surface area (Å²) in [6.45, 7) is 2.23. The van der Waals surface area contributed by atoms with Crippen LogP contribution in [0.2, 0.25) is 10.0 Å². The lowest BCUT2D eigenvalue weighted by molar-refractivity contribution is -0.124. The Morgan fingerprint density at radius 3 is 2.85 bits per heavy atom. The lowest BCUT2D eigenvalue weighted by Gasteiger charge is -2.28. The average Bonchev–Trinajstić information content (AvgIpc) is 2.43. The molecule has 0 bridgehead atoms. The van der Waals surface area contributed by atoms with E-state index in [0.717, 1.165) is 6.42 Å². The van der Waals surface area contributed by atoms with Crippen LogP contribution in [0.3, 0.4) is 0 Å². The highest BCUT2D eigenvalue weighted by molar-refractivity contribution is 6.43. The molecule has 2 rings (SSSR count). The molecule has 1 fully saturated rings. The smallest absolute Gasteiger partial charge is 0.250 e. The van der Waals surface area contributed by atoms with Crippen LogP contribution in [-0.2, 0) is 9.53 Å². The first kappa shape index (κ1) is 15.6. The van der Waals surface area contributed by atoms with Crippen LogP contribution < -0.4 is 5.32 Å². The number of nitrogens with one attached hydrogen (secondary N) is 1. The van der Waals surface area contributed by atoms with Crippen LogP contribution in [0.5, 0.6) is 0 Å². The van der Waals surface area contributed by atoms with Crippen LogP contribution in [0.15, 0.2) is 18.2 Å². The normalized spacial score (nSPS) is 22.6. The molecule has 0 saturated heterocycles. The van der Waals surface area contributed by atoms with E-state index < -0.39 is 0 Å². The minimum Gasteiger partial charge on any atom is -0.368 e. The van der Waals surface area contributed by atoms with Crippen molar-refractivity contribution in [1.82, 2.24) is 0 Å². The molecule has 0 heterocycles. The van der Waals surface area contributed by atoms with Gasteiger partial charge in [-0.1, -0.05) is 49.0 Å². The second-order valence-corrected chi connectivity index (χ2v) is 6.05. The third kappa shape index (κ3) is 4.11. The summed E-state index contributed by atoms with van der Waals surface area (Å²) in [4.78, 5) is 11.9. The van der Waals surface area contributed by atoms with Crippen molar-refractivity contribution in [2.45, 2.75) is 38.7 Å². The topological polar surface area (TPSA) is 38.3 Å². The van der Waals surface area contributed by atoms with Crippen molar-refractivity contribution in [3.05, 3.63) is 28.2 Å². The molecule has 0 aromatic heterocycles. The summed E-state index contributed by atoms with van der Waals surface area (Å²) in [6.07, 6.45) is 4.82. The van der Waals surface area contributed by atoms with Gasteiger partial charge >= 0.3 is 0 Å². The molecule has 0 radical (unpaired) electrons. The number of hydrogen-bond acceptors (Lipinski definition) is 2. The number of rotatable bonds is 4. The Labute approximate surface area is 129 Å². The molecule has 3 nitrogen and oxygen atoms in total. The summed E-state index contributed by atoms with van der Waals surface area (Å²) in [5, 5.41) is 3.50. The molecule has 0 spiro atoms. The number of ether oxygens (including phenoxy) is 1. The highest BCUT2D eigenvalue weighted by atomic mass is 35.5. The Morgan fingerprint density at radius 2 is 2.10 bits per heavy atom. The molecule has 1 aliphatic carbocycles. The van der Waals surface area contributed by atoms with E-state index in [1.807, 2.05) is 0 Å². The molecule has 1 aromatic carbocycles. The van der Waals surface area contributed by atoms with Gasteiger partial charge < -0.3 is 10.1 Å². The van der Waals surface area contributed by atoms with E-state index in [9.17, 15) is 4.79 Å². The molecular formula is C15H19Cl2NO2. The highest BCUT2D eigenvalue weighted by Crippen LogP contribution is 2.30. The minimum atomic E-state index is -0.202. The van der Waals surface area contributed by atoms with Gasteiger partial charge in [0.1, 0.15) is 6.61 Å². The number of carbonyl (C=O) groups excluding carboxylic acids is 1. The summed E-state index contributed by atoms with van der Waals surface area (Å²) in [6, 6.07) is 5.14. The van der Waals surface area contributed by atoms with Gasteiger partial charge in [0.05, 0.1) is 21.8 Å². The van der Waals surface area contributed by atoms with Gasteiger partial charge in [-0.25, -0.2) is 0 Å². The van der Waals surface area contributed by atoms with Gasteiger partial charge in [-0.3, -0.25) is 4.79 Å². The van der Waals surface area contributed by atoms with Crippen LogP contribution in [-0.4, -0.2) is 18.6 Å². The highest BCUT2D eigenvalue weighted by Gasteiger charge is 2.22. The fraction of sp³-hybridized carbons (Fsp3) is 0.533. The largest absolute Gasteiger partial charge is 0.368 e. The van der Waals surface area contributed by atoms with Crippen LogP contribution in [0.25, 0.3) is 0 Å². The summed E-state index contributed by atoms with van der Waals surface area (Å²) in [5.41, 5.74) is 0.518. The number of halogens is 2. The maximum Gasteiger partial charge on any atom is 0.250 e. The van der Waals surface area contributed by atoms with Crippen LogP contribution in [0.1, 0.15) is 32.6 Å². The van der Waals surface area contributed by atoms with Crippen LogP contribution in [0, 0.1) is 5.92 Å². The first-order valence-electron chi connectivity index (χ1n) is 6.93. The SMILES string of the molecule is C[C@@H]1CCCC[C@H]1OCC(=O)Nc1cccc(Cl)c1Cl. The monoisotopic (exact) mass is 315 g/mol. The first-order valence-corrected chi connectivity index (χ1v) is 7.69. The fourth-order valence-electron chi connectivity index (χ4n) is 2.50. The fourth-order valence-corrected chi connectivity index (χ4v) is 2.85. The van der Waals surface area contributed by atoms with Crippen LogP contribution >= 0.6 is 23.2 Å². The molecular weight excluding hydrogens is 297 g/mol. The van der Waals surface area contributed by atoms with Crippen molar-refractivity contribution < 1.29 is 9.53 Å². The average molecular weight is 316 g/mol. The molecule has 110 valence electrons. The zero-order chi connectivity index (χ0) is 14.5. The quantitative estimate of drug-likeness (QED) is 0.886. The molecule has 1 saturated carbocycles. The molecule has 1 aliphatic rings. The van der Waals surface area contributed by atoms with Crippen molar-refractivity contribution in [3.63, 3.8) is 0 Å². The van der Waals surface area contributed by atoms with Crippen molar-refractivity contribution in [3.8, 4) is 0 Å². The van der Waals surface area contributed by atoms with E-state index in [1.165, 1.54) is 19.3 Å². The number of carbonyl (C=O) groups is 1. The van der Waals surface area contributed by atoms with Crippen molar-refractivity contribution >= 4 is 34.8 Å². The van der Waals surface area contributed by atoms with E-state index >= 15 is 0 Å². The summed E-state index contributed by atoms with van der Waals surface area (Å²) in [7, 11) is 0. The lowest BCUT2D eigenvalue weighted by Crippen LogP contribution is -2.29. The molecule has 20 heavy (non-hydrogen) atoms. The molecule has 1 amide bonds. The second kappa shape index (κ2) is 7.30. The number of benzene rings is 1. The zero-order valence-corrected chi connectivity index (χ0v) is 13.0. The number of amides is 1. The maximum atomic E-state index is 11.9. The predicted octanol–water partition coefficient (Wildman–Crippen LogP) is 4.53. The third-order valence-electron chi connectivity index (χ3n) is 3.69. The standard InChI is InChI=1S/C15H19Cl2NO2/c1-10-5-2-3-8-13(10)20-9-14(19)18-12-7-4-6-11(16)15(12)17/h4,6-7,10,13H,2-3,5,8-9H2,1H3,(H,18,19)/t10-,13-/m1/s1. The summed E-state index contributed by atoms with van der Waals surface area (Å²) < 4.78 is 5.71. The number of hydrogen-bond donors (Lipinski definition) is 1. The van der Waals surface area contributed by atoms with E-state index in [2.05, 4.69) is 12.2 Å². The Hall–Kier alpha value is -0.770. The van der Waals surface area contributed by atoms with E-state index in [-0.39, 0.29) is 18.6 Å². The van der Waals surface area contributed by atoms with Gasteiger partial charge in [0, 0.05) is 0 Å². The molecule has 1 aromatic rings. The van der Waals surface area contributed by atoms with Crippen molar-refractivity contribution in [1.29, 1.82) is 0 Å². The molecule has 0 aliphatic heterocycles. The zero-order valence-electron chi connectivity index (χ0n) is 11.5. The Morgan fingerprint density at radius 1 is 1.35 bits per heavy atom. The molecule has 0 unspecified atom stereocenters. The van der Waals surface area contributed by atoms with E-state index in [1.54, 1.807) is 18.2 Å². The van der Waals surface area contributed by atoms with Gasteiger partial charge in [0.15, 0.2) is 0 Å². The maximum absolute atomic E-state index is 11.9. The van der Waals surface area contributed by atoms with Gasteiger partial charge in [-0.2, -0.15) is 0 Å². The van der Waals surface area contributed by atoms with Crippen molar-refractivity contribution in [2.24, 2.45) is 5.92 Å². The van der Waals surface area contributed by atoms with Gasteiger partial charge in [0.2, 0.25) is 5.91 Å².